The summed E-state index contributed by atoms with van der Waals surface area (Å²) in [6, 6.07) is 20.1. The number of ether oxygens (including phenoxy) is 1. The van der Waals surface area contributed by atoms with E-state index in [2.05, 4.69) is 10.0 Å². The number of anilines is 2. The third kappa shape index (κ3) is 5.11. The van der Waals surface area contributed by atoms with Crippen LogP contribution in [0.3, 0.4) is 0 Å². The number of carbonyl (C=O) groups excluding carboxylic acids is 1. The Hall–Kier alpha value is -3.03. The average molecular weight is 445 g/mol. The molecule has 156 valence electrons. The first-order valence-electron chi connectivity index (χ1n) is 9.12. The van der Waals surface area contributed by atoms with Gasteiger partial charge in [-0.2, -0.15) is 0 Å². The van der Waals surface area contributed by atoms with Crippen LogP contribution in [0.5, 0.6) is 0 Å². The number of halogens is 1. The SMILES string of the molecule is COC(=O)c1ccc(N[C@@H](C)c2ccccc2)c(S(=O)(=O)Nc2ccc(Cl)cc2)c1. The second-order valence-corrected chi connectivity index (χ2v) is 8.68. The highest BCUT2D eigenvalue weighted by Crippen LogP contribution is 2.29. The average Bonchev–Trinajstić information content (AvgIpc) is 2.75. The molecule has 0 saturated carbocycles. The molecular weight excluding hydrogens is 424 g/mol. The number of carbonyl (C=O) groups is 1. The lowest BCUT2D eigenvalue weighted by molar-refractivity contribution is 0.0600. The summed E-state index contributed by atoms with van der Waals surface area (Å²) in [6.45, 7) is 1.92. The van der Waals surface area contributed by atoms with Crippen LogP contribution >= 0.6 is 11.6 Å². The molecule has 8 heteroatoms. The Kier molecular flexibility index (Phi) is 6.64. The van der Waals surface area contributed by atoms with Crippen molar-refractivity contribution >= 4 is 39.0 Å². The van der Waals surface area contributed by atoms with Crippen molar-refractivity contribution in [1.82, 2.24) is 0 Å². The number of hydrogen-bond acceptors (Lipinski definition) is 5. The summed E-state index contributed by atoms with van der Waals surface area (Å²) < 4.78 is 33.6. The lowest BCUT2D eigenvalue weighted by Gasteiger charge is -2.19. The van der Waals surface area contributed by atoms with Crippen LogP contribution < -0.4 is 10.0 Å². The van der Waals surface area contributed by atoms with Gasteiger partial charge in [-0.25, -0.2) is 13.2 Å². The molecule has 0 aromatic heterocycles. The minimum atomic E-state index is -4.01. The Morgan fingerprint density at radius 3 is 2.30 bits per heavy atom. The van der Waals surface area contributed by atoms with Crippen molar-refractivity contribution in [3.05, 3.63) is 88.9 Å². The van der Waals surface area contributed by atoms with Crippen molar-refractivity contribution in [2.24, 2.45) is 0 Å². The van der Waals surface area contributed by atoms with E-state index in [-0.39, 0.29) is 16.5 Å². The molecule has 0 saturated heterocycles. The molecule has 0 radical (unpaired) electrons. The van der Waals surface area contributed by atoms with Crippen LogP contribution in [0.15, 0.2) is 77.7 Å². The summed E-state index contributed by atoms with van der Waals surface area (Å²) in [6.07, 6.45) is 0. The van der Waals surface area contributed by atoms with Crippen LogP contribution in [0.2, 0.25) is 5.02 Å². The van der Waals surface area contributed by atoms with Crippen LogP contribution in [0.1, 0.15) is 28.9 Å². The van der Waals surface area contributed by atoms with Crippen molar-refractivity contribution in [3.63, 3.8) is 0 Å². The second-order valence-electron chi connectivity index (χ2n) is 6.59. The maximum atomic E-state index is 13.2. The zero-order valence-electron chi connectivity index (χ0n) is 16.4. The van der Waals surface area contributed by atoms with Crippen molar-refractivity contribution in [2.45, 2.75) is 17.9 Å². The predicted octanol–water partition coefficient (Wildman–Crippen LogP) is 5.10. The fourth-order valence-corrected chi connectivity index (χ4v) is 4.28. The molecule has 0 heterocycles. The van der Waals surface area contributed by atoms with Gasteiger partial charge < -0.3 is 10.1 Å². The van der Waals surface area contributed by atoms with Crippen molar-refractivity contribution in [3.8, 4) is 0 Å². The van der Waals surface area contributed by atoms with Gasteiger partial charge in [-0.05, 0) is 55.0 Å². The molecular formula is C22H21ClN2O4S. The highest BCUT2D eigenvalue weighted by molar-refractivity contribution is 7.92. The van der Waals surface area contributed by atoms with Crippen molar-refractivity contribution < 1.29 is 17.9 Å². The van der Waals surface area contributed by atoms with Crippen LogP contribution in [0.4, 0.5) is 11.4 Å². The zero-order chi connectivity index (χ0) is 21.7. The number of rotatable bonds is 7. The minimum Gasteiger partial charge on any atom is -0.465 e. The molecule has 3 aromatic rings. The Morgan fingerprint density at radius 2 is 1.67 bits per heavy atom. The van der Waals surface area contributed by atoms with Crippen LogP contribution in [0, 0.1) is 0 Å². The van der Waals surface area contributed by atoms with Crippen molar-refractivity contribution in [1.29, 1.82) is 0 Å². The van der Waals surface area contributed by atoms with Gasteiger partial charge in [0.2, 0.25) is 0 Å². The lowest BCUT2D eigenvalue weighted by Crippen LogP contribution is -2.17. The van der Waals surface area contributed by atoms with Crippen LogP contribution in [0.25, 0.3) is 0 Å². The summed E-state index contributed by atoms with van der Waals surface area (Å²) in [5.41, 5.74) is 1.83. The largest absolute Gasteiger partial charge is 0.465 e. The summed E-state index contributed by atoms with van der Waals surface area (Å²) in [4.78, 5) is 11.9. The summed E-state index contributed by atoms with van der Waals surface area (Å²) in [5.74, 6) is -0.624. The normalized spacial score (nSPS) is 12.1. The van der Waals surface area contributed by atoms with E-state index in [0.717, 1.165) is 5.56 Å². The third-order valence-corrected chi connectivity index (χ3v) is 6.13. The minimum absolute atomic E-state index is 0.0665. The van der Waals surface area contributed by atoms with Gasteiger partial charge in [0.1, 0.15) is 4.90 Å². The highest BCUT2D eigenvalue weighted by atomic mass is 35.5. The Bertz CT molecular complexity index is 1130. The summed E-state index contributed by atoms with van der Waals surface area (Å²) in [5, 5.41) is 3.71. The van der Waals surface area contributed by atoms with E-state index in [1.165, 1.54) is 19.2 Å². The second kappa shape index (κ2) is 9.19. The number of esters is 1. The van der Waals surface area contributed by atoms with E-state index in [1.807, 2.05) is 37.3 Å². The van der Waals surface area contributed by atoms with E-state index >= 15 is 0 Å². The highest BCUT2D eigenvalue weighted by Gasteiger charge is 2.22. The van der Waals surface area contributed by atoms with Crippen LogP contribution in [-0.4, -0.2) is 21.5 Å². The summed E-state index contributed by atoms with van der Waals surface area (Å²) in [7, 11) is -2.77. The van der Waals surface area contributed by atoms with Gasteiger partial charge in [0.25, 0.3) is 10.0 Å². The van der Waals surface area contributed by atoms with E-state index in [0.29, 0.717) is 16.4 Å². The van der Waals surface area contributed by atoms with Gasteiger partial charge in [0.15, 0.2) is 0 Å². The Balaban J connectivity index is 2.00. The topological polar surface area (TPSA) is 84.5 Å². The first-order chi connectivity index (χ1) is 14.3. The molecule has 0 bridgehead atoms. The predicted molar refractivity (Wildman–Crippen MR) is 119 cm³/mol. The quantitative estimate of drug-likeness (QED) is 0.495. The molecule has 0 aliphatic heterocycles. The first-order valence-corrected chi connectivity index (χ1v) is 11.0. The van der Waals surface area contributed by atoms with Crippen molar-refractivity contribution in [2.75, 3.05) is 17.1 Å². The first kappa shape index (κ1) is 21.7. The fourth-order valence-electron chi connectivity index (χ4n) is 2.90. The van der Waals surface area contributed by atoms with Gasteiger partial charge >= 0.3 is 5.97 Å². The van der Waals surface area contributed by atoms with Crippen LogP contribution in [-0.2, 0) is 14.8 Å². The molecule has 0 unspecified atom stereocenters. The Morgan fingerprint density at radius 1 is 1.00 bits per heavy atom. The number of sulfonamides is 1. The molecule has 0 spiro atoms. The third-order valence-electron chi connectivity index (χ3n) is 4.46. The number of methoxy groups -OCH3 is 1. The van der Waals surface area contributed by atoms with Gasteiger partial charge in [-0.3, -0.25) is 4.72 Å². The molecule has 30 heavy (non-hydrogen) atoms. The van der Waals surface area contributed by atoms with E-state index < -0.39 is 16.0 Å². The van der Waals surface area contributed by atoms with E-state index in [4.69, 9.17) is 16.3 Å². The molecule has 3 aromatic carbocycles. The zero-order valence-corrected chi connectivity index (χ0v) is 18.0. The molecule has 0 fully saturated rings. The molecule has 0 aliphatic rings. The molecule has 0 amide bonds. The van der Waals surface area contributed by atoms with Gasteiger partial charge in [-0.15, -0.1) is 0 Å². The van der Waals surface area contributed by atoms with Gasteiger partial charge in [0.05, 0.1) is 18.4 Å². The molecule has 0 aliphatic carbocycles. The maximum absolute atomic E-state index is 13.2. The van der Waals surface area contributed by atoms with E-state index in [9.17, 15) is 13.2 Å². The smallest absolute Gasteiger partial charge is 0.337 e. The van der Waals surface area contributed by atoms with E-state index in [1.54, 1.807) is 30.3 Å². The lowest BCUT2D eigenvalue weighted by atomic mass is 10.1. The maximum Gasteiger partial charge on any atom is 0.337 e. The number of benzene rings is 3. The molecule has 1 atom stereocenters. The summed E-state index contributed by atoms with van der Waals surface area (Å²) >= 11 is 5.87. The number of nitrogens with one attached hydrogen (secondary N) is 2. The molecule has 6 nitrogen and oxygen atoms in total. The monoisotopic (exact) mass is 444 g/mol. The standard InChI is InChI=1S/C22H21ClN2O4S/c1-15(16-6-4-3-5-7-16)24-20-13-8-17(22(26)29-2)14-21(20)30(27,28)25-19-11-9-18(23)10-12-19/h3-15,24-25H,1-2H3/t15-/m0/s1. The molecule has 3 rings (SSSR count). The van der Waals surface area contributed by atoms with Gasteiger partial charge in [0, 0.05) is 16.8 Å². The fraction of sp³-hybridized carbons (Fsp3) is 0.136. The van der Waals surface area contributed by atoms with Gasteiger partial charge in [-0.1, -0.05) is 41.9 Å². The molecule has 2 N–H and O–H groups in total. The number of hydrogen-bond donors (Lipinski definition) is 2. The Labute approximate surface area is 180 Å².